The molecule has 1 aliphatic heterocycles. The van der Waals surface area contributed by atoms with E-state index in [4.69, 9.17) is 10.5 Å². The number of fused-ring (bicyclic) bond motifs is 1. The molecule has 6 heteroatoms. The monoisotopic (exact) mass is 317 g/mol. The number of benzene rings is 1. The zero-order chi connectivity index (χ0) is 15.5. The molecule has 3 rings (SSSR count). The molecule has 0 aliphatic carbocycles. The van der Waals surface area contributed by atoms with Crippen molar-refractivity contribution in [3.05, 3.63) is 40.9 Å². The fraction of sp³-hybridized carbons (Fsp3) is 0.375. The maximum absolute atomic E-state index is 12.2. The molecule has 22 heavy (non-hydrogen) atoms. The largest absolute Gasteiger partial charge is 0.488 e. The molecule has 116 valence electrons. The van der Waals surface area contributed by atoms with Crippen LogP contribution >= 0.6 is 11.3 Å². The van der Waals surface area contributed by atoms with Crippen molar-refractivity contribution < 1.29 is 9.53 Å². The molecule has 0 radical (unpaired) electrons. The van der Waals surface area contributed by atoms with Crippen LogP contribution in [0.5, 0.6) is 5.75 Å². The topological polar surface area (TPSA) is 68.5 Å². The summed E-state index contributed by atoms with van der Waals surface area (Å²) in [5, 5.41) is 2.45. The van der Waals surface area contributed by atoms with Crippen molar-refractivity contribution in [3.8, 4) is 5.75 Å². The lowest BCUT2D eigenvalue weighted by molar-refractivity contribution is -0.130. The maximum atomic E-state index is 12.2. The number of amides is 1. The van der Waals surface area contributed by atoms with Crippen LogP contribution in [0.4, 0.5) is 5.13 Å². The molecular formula is C16H19N3O2S. The fourth-order valence-corrected chi connectivity index (χ4v) is 3.22. The van der Waals surface area contributed by atoms with E-state index in [1.165, 1.54) is 16.9 Å². The maximum Gasteiger partial charge on any atom is 0.222 e. The highest BCUT2D eigenvalue weighted by molar-refractivity contribution is 7.13. The molecule has 5 nitrogen and oxygen atoms in total. The molecule has 0 saturated carbocycles. The van der Waals surface area contributed by atoms with E-state index in [0.717, 1.165) is 17.9 Å². The van der Waals surface area contributed by atoms with Crippen molar-refractivity contribution >= 4 is 22.4 Å². The Morgan fingerprint density at radius 3 is 3.05 bits per heavy atom. The average Bonchev–Trinajstić information content (AvgIpc) is 3.09. The predicted molar refractivity (Wildman–Crippen MR) is 87.0 cm³/mol. The number of anilines is 1. The molecule has 2 aromatic rings. The van der Waals surface area contributed by atoms with Gasteiger partial charge < -0.3 is 15.4 Å². The Bertz CT molecular complexity index is 646. The number of nitrogen functional groups attached to an aromatic ring is 1. The number of rotatable bonds is 5. The van der Waals surface area contributed by atoms with Gasteiger partial charge in [0, 0.05) is 25.3 Å². The molecule has 2 N–H and O–H groups in total. The first-order valence-electron chi connectivity index (χ1n) is 7.30. The molecule has 1 aromatic heterocycles. The Kier molecular flexibility index (Phi) is 4.29. The highest BCUT2D eigenvalue weighted by Gasteiger charge is 2.24. The second kappa shape index (κ2) is 6.36. The van der Waals surface area contributed by atoms with Crippen LogP contribution in [0.2, 0.25) is 0 Å². The van der Waals surface area contributed by atoms with Gasteiger partial charge in [0.2, 0.25) is 5.91 Å². The number of carbonyl (C=O) groups excluding carboxylic acids is 1. The normalized spacial score (nSPS) is 16.1. The zero-order valence-corrected chi connectivity index (χ0v) is 13.3. The van der Waals surface area contributed by atoms with Crippen molar-refractivity contribution in [1.29, 1.82) is 0 Å². The van der Waals surface area contributed by atoms with Crippen molar-refractivity contribution in [3.63, 3.8) is 0 Å². The molecule has 0 unspecified atom stereocenters. The number of hydrogen-bond donors (Lipinski definition) is 1. The van der Waals surface area contributed by atoms with Gasteiger partial charge in [-0.3, -0.25) is 4.79 Å². The zero-order valence-electron chi connectivity index (χ0n) is 12.5. The Labute approximate surface area is 133 Å². The molecule has 0 saturated heterocycles. The highest BCUT2D eigenvalue weighted by Crippen LogP contribution is 2.28. The minimum atomic E-state index is 0.0428. The first-order chi connectivity index (χ1) is 10.6. The molecular weight excluding hydrogens is 298 g/mol. The summed E-state index contributed by atoms with van der Waals surface area (Å²) in [6, 6.07) is 8.03. The van der Waals surface area contributed by atoms with Gasteiger partial charge in [-0.05, 0) is 18.1 Å². The van der Waals surface area contributed by atoms with Gasteiger partial charge in [0.1, 0.15) is 11.9 Å². The fourth-order valence-electron chi connectivity index (χ4n) is 2.63. The number of nitrogens with two attached hydrogens (primary N) is 1. The lowest BCUT2D eigenvalue weighted by Crippen LogP contribution is -2.36. The second-order valence-electron chi connectivity index (χ2n) is 5.50. The number of ether oxygens (including phenoxy) is 1. The quantitative estimate of drug-likeness (QED) is 0.917. The second-order valence-corrected chi connectivity index (χ2v) is 6.39. The van der Waals surface area contributed by atoms with Crippen LogP contribution in [0.25, 0.3) is 0 Å². The van der Waals surface area contributed by atoms with E-state index >= 15 is 0 Å². The Morgan fingerprint density at radius 1 is 1.50 bits per heavy atom. The minimum Gasteiger partial charge on any atom is -0.488 e. The van der Waals surface area contributed by atoms with E-state index in [1.54, 1.807) is 4.90 Å². The molecule has 0 spiro atoms. The van der Waals surface area contributed by atoms with Crippen molar-refractivity contribution in [2.24, 2.45) is 0 Å². The van der Waals surface area contributed by atoms with E-state index in [2.05, 4.69) is 11.1 Å². The SMILES string of the molecule is CN(C[C@H]1Cc2ccccc2O1)C(=O)CCc1csc(N)n1. The van der Waals surface area contributed by atoms with Crippen LogP contribution in [0.1, 0.15) is 17.7 Å². The first-order valence-corrected chi connectivity index (χ1v) is 8.18. The van der Waals surface area contributed by atoms with Crippen LogP contribution in [0, 0.1) is 0 Å². The summed E-state index contributed by atoms with van der Waals surface area (Å²) in [6.45, 7) is 0.604. The minimum absolute atomic E-state index is 0.0428. The predicted octanol–water partition coefficient (Wildman–Crippen LogP) is 2.12. The highest BCUT2D eigenvalue weighted by atomic mass is 32.1. The lowest BCUT2D eigenvalue weighted by atomic mass is 10.1. The smallest absolute Gasteiger partial charge is 0.222 e. The summed E-state index contributed by atoms with van der Waals surface area (Å²) >= 11 is 1.41. The summed E-state index contributed by atoms with van der Waals surface area (Å²) in [5.41, 5.74) is 7.69. The van der Waals surface area contributed by atoms with Crippen LogP contribution in [0.15, 0.2) is 29.6 Å². The van der Waals surface area contributed by atoms with Crippen molar-refractivity contribution in [2.75, 3.05) is 19.3 Å². The molecule has 2 heterocycles. The third kappa shape index (κ3) is 3.39. The van der Waals surface area contributed by atoms with Crippen LogP contribution in [0.3, 0.4) is 0 Å². The van der Waals surface area contributed by atoms with Gasteiger partial charge in [-0.15, -0.1) is 11.3 Å². The number of thiazole rings is 1. The van der Waals surface area contributed by atoms with Gasteiger partial charge in [0.05, 0.1) is 12.2 Å². The number of aromatic nitrogens is 1. The van der Waals surface area contributed by atoms with E-state index in [9.17, 15) is 4.79 Å². The van der Waals surface area contributed by atoms with Gasteiger partial charge in [-0.2, -0.15) is 0 Å². The summed E-state index contributed by atoms with van der Waals surface area (Å²) in [6.07, 6.45) is 1.97. The third-order valence-electron chi connectivity index (χ3n) is 3.78. The molecule has 0 fully saturated rings. The van der Waals surface area contributed by atoms with Gasteiger partial charge in [0.25, 0.3) is 0 Å². The number of aryl methyl sites for hydroxylation is 1. The Morgan fingerprint density at radius 2 is 2.32 bits per heavy atom. The first kappa shape index (κ1) is 14.8. The summed E-state index contributed by atoms with van der Waals surface area (Å²) < 4.78 is 5.87. The van der Waals surface area contributed by atoms with Gasteiger partial charge in [-0.25, -0.2) is 4.98 Å². The van der Waals surface area contributed by atoms with E-state index < -0.39 is 0 Å². The van der Waals surface area contributed by atoms with E-state index in [1.807, 2.05) is 30.6 Å². The van der Waals surface area contributed by atoms with Gasteiger partial charge in [0.15, 0.2) is 5.13 Å². The van der Waals surface area contributed by atoms with E-state index in [0.29, 0.717) is 24.5 Å². The van der Waals surface area contributed by atoms with Crippen molar-refractivity contribution in [1.82, 2.24) is 9.88 Å². The number of carbonyl (C=O) groups is 1. The molecule has 1 amide bonds. The standard InChI is InChI=1S/C16H19N3O2S/c1-19(15(20)7-6-12-10-22-16(17)18-12)9-13-8-11-4-2-3-5-14(11)21-13/h2-5,10,13H,6-9H2,1H3,(H2,17,18)/t13-/m1/s1. The van der Waals surface area contributed by atoms with Crippen LogP contribution in [-0.4, -0.2) is 35.5 Å². The molecule has 0 bridgehead atoms. The van der Waals surface area contributed by atoms with Gasteiger partial charge >= 0.3 is 0 Å². The van der Waals surface area contributed by atoms with Gasteiger partial charge in [-0.1, -0.05) is 18.2 Å². The third-order valence-corrected chi connectivity index (χ3v) is 4.50. The lowest BCUT2D eigenvalue weighted by Gasteiger charge is -2.21. The summed E-state index contributed by atoms with van der Waals surface area (Å²) in [5.74, 6) is 1.04. The number of hydrogen-bond acceptors (Lipinski definition) is 5. The Balaban J connectivity index is 1.48. The number of nitrogens with zero attached hydrogens (tertiary/aromatic N) is 2. The average molecular weight is 317 g/mol. The number of likely N-dealkylation sites (N-methyl/N-ethyl adjacent to an activating group) is 1. The summed E-state index contributed by atoms with van der Waals surface area (Å²) in [4.78, 5) is 18.1. The number of para-hydroxylation sites is 1. The van der Waals surface area contributed by atoms with E-state index in [-0.39, 0.29) is 12.0 Å². The van der Waals surface area contributed by atoms with Crippen molar-refractivity contribution in [2.45, 2.75) is 25.4 Å². The summed E-state index contributed by atoms with van der Waals surface area (Å²) in [7, 11) is 1.82. The Hall–Kier alpha value is -2.08. The van der Waals surface area contributed by atoms with Crippen LogP contribution < -0.4 is 10.5 Å². The molecule has 1 aliphatic rings. The van der Waals surface area contributed by atoms with Crippen LogP contribution in [-0.2, 0) is 17.6 Å². The molecule has 1 aromatic carbocycles. The molecule has 1 atom stereocenters.